The summed E-state index contributed by atoms with van der Waals surface area (Å²) in [6.45, 7) is 5.35. The number of pyridine rings is 1. The summed E-state index contributed by atoms with van der Waals surface area (Å²) in [7, 11) is 0. The minimum Gasteiger partial charge on any atom is -0.351 e. The molecule has 3 rings (SSSR count). The van der Waals surface area contributed by atoms with Crippen LogP contribution < -0.4 is 4.90 Å². The summed E-state index contributed by atoms with van der Waals surface area (Å²) in [4.78, 5) is 15.6. The predicted octanol–water partition coefficient (Wildman–Crippen LogP) is 2.41. The van der Waals surface area contributed by atoms with Gasteiger partial charge in [-0.25, -0.2) is 15.0 Å². The first-order valence-corrected chi connectivity index (χ1v) is 7.62. The van der Waals surface area contributed by atoms with Gasteiger partial charge in [-0.15, -0.1) is 0 Å². The SMILES string of the molecule is CSc1ncc2cc(C)nc(N3CC(C)(C#N)C3)c2n1. The van der Waals surface area contributed by atoms with Crippen LogP contribution in [0, 0.1) is 23.7 Å². The lowest BCUT2D eigenvalue weighted by Crippen LogP contribution is -2.54. The minimum absolute atomic E-state index is 0.271. The Kier molecular flexibility index (Phi) is 3.02. The van der Waals surface area contributed by atoms with Gasteiger partial charge in [0.1, 0.15) is 5.52 Å². The number of aryl methyl sites for hydroxylation is 1. The van der Waals surface area contributed by atoms with E-state index < -0.39 is 0 Å². The Labute approximate surface area is 122 Å². The Morgan fingerprint density at radius 1 is 1.40 bits per heavy atom. The quantitative estimate of drug-likeness (QED) is 0.623. The van der Waals surface area contributed by atoms with E-state index >= 15 is 0 Å². The zero-order chi connectivity index (χ0) is 14.3. The molecule has 0 unspecified atom stereocenters. The third-order valence-electron chi connectivity index (χ3n) is 3.49. The van der Waals surface area contributed by atoms with Crippen LogP contribution in [-0.2, 0) is 0 Å². The zero-order valence-electron chi connectivity index (χ0n) is 11.7. The summed E-state index contributed by atoms with van der Waals surface area (Å²) in [5.74, 6) is 0.866. The van der Waals surface area contributed by atoms with E-state index in [0.717, 1.165) is 27.6 Å². The molecule has 3 heterocycles. The van der Waals surface area contributed by atoms with Crippen LogP contribution in [-0.4, -0.2) is 34.3 Å². The van der Waals surface area contributed by atoms with Crippen molar-refractivity contribution in [3.8, 4) is 6.07 Å². The molecule has 0 aliphatic carbocycles. The maximum atomic E-state index is 9.13. The predicted molar refractivity (Wildman–Crippen MR) is 79.8 cm³/mol. The number of aromatic nitrogens is 3. The van der Waals surface area contributed by atoms with E-state index in [-0.39, 0.29) is 5.41 Å². The highest BCUT2D eigenvalue weighted by molar-refractivity contribution is 7.98. The lowest BCUT2D eigenvalue weighted by molar-refractivity contribution is 0.335. The van der Waals surface area contributed by atoms with E-state index in [4.69, 9.17) is 5.26 Å². The van der Waals surface area contributed by atoms with Gasteiger partial charge in [0.25, 0.3) is 0 Å². The molecule has 2 aromatic heterocycles. The number of hydrogen-bond acceptors (Lipinski definition) is 6. The molecule has 1 aliphatic heterocycles. The van der Waals surface area contributed by atoms with Gasteiger partial charge < -0.3 is 4.90 Å². The van der Waals surface area contributed by atoms with Gasteiger partial charge in [0.05, 0.1) is 11.5 Å². The molecule has 1 fully saturated rings. The molecule has 0 aromatic carbocycles. The molecule has 2 aromatic rings. The third-order valence-corrected chi connectivity index (χ3v) is 4.05. The maximum absolute atomic E-state index is 9.13. The monoisotopic (exact) mass is 285 g/mol. The maximum Gasteiger partial charge on any atom is 0.187 e. The Morgan fingerprint density at radius 3 is 2.80 bits per heavy atom. The molecular formula is C14H15N5S. The Hall–Kier alpha value is -1.87. The fourth-order valence-corrected chi connectivity index (χ4v) is 2.81. The molecule has 0 atom stereocenters. The average Bonchev–Trinajstić information content (AvgIpc) is 2.42. The number of thioether (sulfide) groups is 1. The van der Waals surface area contributed by atoms with Crippen molar-refractivity contribution in [2.75, 3.05) is 24.2 Å². The smallest absolute Gasteiger partial charge is 0.187 e. The second-order valence-corrected chi connectivity index (χ2v) is 6.18. The highest BCUT2D eigenvalue weighted by atomic mass is 32.2. The van der Waals surface area contributed by atoms with Gasteiger partial charge in [0, 0.05) is 30.4 Å². The first-order chi connectivity index (χ1) is 9.54. The summed E-state index contributed by atoms with van der Waals surface area (Å²) in [5, 5.41) is 10.9. The first kappa shape index (κ1) is 13.1. The van der Waals surface area contributed by atoms with Crippen molar-refractivity contribution >= 4 is 28.5 Å². The average molecular weight is 285 g/mol. The Morgan fingerprint density at radius 2 is 2.15 bits per heavy atom. The normalized spacial score (nSPS) is 16.8. The van der Waals surface area contributed by atoms with Crippen LogP contribution in [0.2, 0.25) is 0 Å². The minimum atomic E-state index is -0.271. The van der Waals surface area contributed by atoms with Crippen molar-refractivity contribution < 1.29 is 0 Å². The second kappa shape index (κ2) is 4.60. The van der Waals surface area contributed by atoms with Crippen LogP contribution in [0.25, 0.3) is 10.9 Å². The molecule has 0 saturated carbocycles. The van der Waals surface area contributed by atoms with E-state index in [0.29, 0.717) is 13.1 Å². The first-order valence-electron chi connectivity index (χ1n) is 6.39. The molecule has 102 valence electrons. The summed E-state index contributed by atoms with van der Waals surface area (Å²) >= 11 is 1.52. The number of anilines is 1. The third kappa shape index (κ3) is 2.08. The number of nitriles is 1. The van der Waals surface area contributed by atoms with Crippen LogP contribution in [0.1, 0.15) is 12.6 Å². The van der Waals surface area contributed by atoms with Crippen molar-refractivity contribution in [1.29, 1.82) is 5.26 Å². The molecule has 0 spiro atoms. The van der Waals surface area contributed by atoms with Crippen LogP contribution >= 0.6 is 11.8 Å². The Bertz CT molecular complexity index is 715. The number of fused-ring (bicyclic) bond motifs is 1. The van der Waals surface area contributed by atoms with Crippen LogP contribution in [0.5, 0.6) is 0 Å². The number of nitrogens with zero attached hydrogens (tertiary/aromatic N) is 5. The molecular weight excluding hydrogens is 270 g/mol. The van der Waals surface area contributed by atoms with Crippen LogP contribution in [0.15, 0.2) is 17.4 Å². The van der Waals surface area contributed by atoms with Crippen LogP contribution in [0.4, 0.5) is 5.82 Å². The highest BCUT2D eigenvalue weighted by Gasteiger charge is 2.40. The molecule has 6 heteroatoms. The lowest BCUT2D eigenvalue weighted by atomic mass is 9.83. The van der Waals surface area contributed by atoms with Gasteiger partial charge in [-0.1, -0.05) is 11.8 Å². The van der Waals surface area contributed by atoms with Crippen molar-refractivity contribution in [2.24, 2.45) is 5.41 Å². The van der Waals surface area contributed by atoms with Gasteiger partial charge in [0.2, 0.25) is 0 Å². The molecule has 1 aliphatic rings. The summed E-state index contributed by atoms with van der Waals surface area (Å²) in [5.41, 5.74) is 1.54. The molecule has 5 nitrogen and oxygen atoms in total. The topological polar surface area (TPSA) is 65.7 Å². The van der Waals surface area contributed by atoms with E-state index in [1.54, 1.807) is 0 Å². The fourth-order valence-electron chi connectivity index (χ4n) is 2.47. The summed E-state index contributed by atoms with van der Waals surface area (Å²) < 4.78 is 0. The van der Waals surface area contributed by atoms with Crippen molar-refractivity contribution in [3.05, 3.63) is 18.0 Å². The largest absolute Gasteiger partial charge is 0.351 e. The highest BCUT2D eigenvalue weighted by Crippen LogP contribution is 2.35. The lowest BCUT2D eigenvalue weighted by Gasteiger charge is -2.44. The standard InChI is InChI=1S/C14H15N5S/c1-9-4-10-5-16-13(20-3)18-11(10)12(17-9)19-7-14(2,6-15)8-19/h4-5H,7-8H2,1-3H3. The summed E-state index contributed by atoms with van der Waals surface area (Å²) in [6.07, 6.45) is 3.80. The van der Waals surface area contributed by atoms with Crippen molar-refractivity contribution in [3.63, 3.8) is 0 Å². The molecule has 0 N–H and O–H groups in total. The zero-order valence-corrected chi connectivity index (χ0v) is 12.5. The number of hydrogen-bond donors (Lipinski definition) is 0. The van der Waals surface area contributed by atoms with Crippen molar-refractivity contribution in [2.45, 2.75) is 19.0 Å². The molecule has 0 radical (unpaired) electrons. The molecule has 20 heavy (non-hydrogen) atoms. The van der Waals surface area contributed by atoms with Gasteiger partial charge >= 0.3 is 0 Å². The Balaban J connectivity index is 2.08. The number of rotatable bonds is 2. The van der Waals surface area contributed by atoms with Gasteiger partial charge in [-0.2, -0.15) is 5.26 Å². The van der Waals surface area contributed by atoms with Gasteiger partial charge in [-0.05, 0) is 26.2 Å². The summed E-state index contributed by atoms with van der Waals surface area (Å²) in [6, 6.07) is 4.35. The fraction of sp³-hybridized carbons (Fsp3) is 0.429. The molecule has 0 amide bonds. The van der Waals surface area contributed by atoms with Crippen molar-refractivity contribution in [1.82, 2.24) is 15.0 Å². The van der Waals surface area contributed by atoms with E-state index in [1.807, 2.05) is 32.4 Å². The van der Waals surface area contributed by atoms with Crippen LogP contribution in [0.3, 0.4) is 0 Å². The molecule has 0 bridgehead atoms. The molecule has 1 saturated heterocycles. The van der Waals surface area contributed by atoms with Gasteiger partial charge in [-0.3, -0.25) is 0 Å². The van der Waals surface area contributed by atoms with E-state index in [1.165, 1.54) is 11.8 Å². The van der Waals surface area contributed by atoms with E-state index in [2.05, 4.69) is 25.9 Å². The second-order valence-electron chi connectivity index (χ2n) is 5.41. The van der Waals surface area contributed by atoms with E-state index in [9.17, 15) is 0 Å². The van der Waals surface area contributed by atoms with Gasteiger partial charge in [0.15, 0.2) is 11.0 Å².